The molecule has 1 aliphatic heterocycles. The summed E-state index contributed by atoms with van der Waals surface area (Å²) in [4.78, 5) is 19.9. The highest BCUT2D eigenvalue weighted by Crippen LogP contribution is 2.33. The number of rotatable bonds is 9. The monoisotopic (exact) mass is 481 g/mol. The van der Waals surface area contributed by atoms with Crippen LogP contribution in [0.1, 0.15) is 61.9 Å². The van der Waals surface area contributed by atoms with Crippen LogP contribution in [0.2, 0.25) is 0 Å². The Morgan fingerprint density at radius 3 is 2.58 bits per heavy atom. The lowest BCUT2D eigenvalue weighted by atomic mass is 10.0. The maximum Gasteiger partial charge on any atom is 0.227 e. The van der Waals surface area contributed by atoms with E-state index < -0.39 is 0 Å². The molecular formula is C31H35N3O2. The molecular weight excluding hydrogens is 446 g/mol. The molecule has 5 rings (SSSR count). The SMILES string of the molecule is Cc1cccc(N2CC(c3nc4ccccc4n3CCCCOc3ccc(C(C)C)cc3)CC2=O)c1. The van der Waals surface area contributed by atoms with Gasteiger partial charge >= 0.3 is 0 Å². The molecule has 1 atom stereocenters. The third-order valence-electron chi connectivity index (χ3n) is 7.08. The molecule has 0 aliphatic carbocycles. The summed E-state index contributed by atoms with van der Waals surface area (Å²) in [5.41, 5.74) is 5.60. The predicted molar refractivity (Wildman–Crippen MR) is 146 cm³/mol. The van der Waals surface area contributed by atoms with Crippen LogP contribution < -0.4 is 9.64 Å². The van der Waals surface area contributed by atoms with Gasteiger partial charge in [0.25, 0.3) is 0 Å². The molecule has 4 aromatic rings. The maximum atomic E-state index is 13.0. The Hall–Kier alpha value is -3.60. The molecule has 0 spiro atoms. The molecule has 0 saturated carbocycles. The highest BCUT2D eigenvalue weighted by Gasteiger charge is 2.34. The molecule has 0 bridgehead atoms. The maximum absolute atomic E-state index is 13.0. The van der Waals surface area contributed by atoms with Crippen molar-refractivity contribution >= 4 is 22.6 Å². The van der Waals surface area contributed by atoms with Gasteiger partial charge in [-0.2, -0.15) is 0 Å². The van der Waals surface area contributed by atoms with E-state index in [0.717, 1.165) is 53.2 Å². The van der Waals surface area contributed by atoms with Crippen LogP contribution in [0.5, 0.6) is 5.75 Å². The van der Waals surface area contributed by atoms with Crippen LogP contribution in [-0.4, -0.2) is 28.6 Å². The minimum atomic E-state index is 0.0844. The first-order valence-corrected chi connectivity index (χ1v) is 13.0. The number of aryl methyl sites for hydroxylation is 2. The zero-order valence-electron chi connectivity index (χ0n) is 21.5. The van der Waals surface area contributed by atoms with E-state index in [-0.39, 0.29) is 11.8 Å². The Morgan fingerprint density at radius 2 is 1.81 bits per heavy atom. The number of aromatic nitrogens is 2. The zero-order valence-corrected chi connectivity index (χ0v) is 21.5. The molecule has 1 amide bonds. The molecule has 186 valence electrons. The predicted octanol–water partition coefficient (Wildman–Crippen LogP) is 6.85. The first-order valence-electron chi connectivity index (χ1n) is 13.0. The molecule has 36 heavy (non-hydrogen) atoms. The van der Waals surface area contributed by atoms with Crippen molar-refractivity contribution in [2.24, 2.45) is 0 Å². The molecule has 2 heterocycles. The minimum absolute atomic E-state index is 0.0844. The number of amides is 1. The minimum Gasteiger partial charge on any atom is -0.494 e. The van der Waals surface area contributed by atoms with Gasteiger partial charge in [0.2, 0.25) is 5.91 Å². The van der Waals surface area contributed by atoms with E-state index in [1.165, 1.54) is 5.56 Å². The number of carbonyl (C=O) groups excluding carboxylic acids is 1. The summed E-state index contributed by atoms with van der Waals surface area (Å²) in [6.45, 7) is 8.68. The van der Waals surface area contributed by atoms with Crippen molar-refractivity contribution in [3.63, 3.8) is 0 Å². The van der Waals surface area contributed by atoms with Gasteiger partial charge in [0.15, 0.2) is 0 Å². The third kappa shape index (κ3) is 5.15. The smallest absolute Gasteiger partial charge is 0.227 e. The van der Waals surface area contributed by atoms with Crippen molar-refractivity contribution in [3.05, 3.63) is 89.7 Å². The van der Waals surface area contributed by atoms with Crippen molar-refractivity contribution < 1.29 is 9.53 Å². The summed E-state index contributed by atoms with van der Waals surface area (Å²) >= 11 is 0. The molecule has 1 fully saturated rings. The molecule has 5 nitrogen and oxygen atoms in total. The summed E-state index contributed by atoms with van der Waals surface area (Å²) in [7, 11) is 0. The molecule has 0 N–H and O–H groups in total. The standard InChI is InChI=1S/C31H35N3O2/c1-22(2)24-13-15-27(16-14-24)36-18-7-6-17-33-29-12-5-4-11-28(29)32-31(33)25-20-30(35)34(21-25)26-10-8-9-23(3)19-26/h4-5,8-16,19,22,25H,6-7,17-18,20-21H2,1-3H3. The average Bonchev–Trinajstić information content (AvgIpc) is 3.44. The van der Waals surface area contributed by atoms with Gasteiger partial charge in [0, 0.05) is 31.1 Å². The van der Waals surface area contributed by atoms with Crippen molar-refractivity contribution in [1.82, 2.24) is 9.55 Å². The van der Waals surface area contributed by atoms with Gasteiger partial charge in [-0.3, -0.25) is 4.79 Å². The van der Waals surface area contributed by atoms with E-state index in [2.05, 4.69) is 79.9 Å². The number of imidazole rings is 1. The highest BCUT2D eigenvalue weighted by molar-refractivity contribution is 5.96. The van der Waals surface area contributed by atoms with E-state index in [4.69, 9.17) is 9.72 Å². The molecule has 1 aliphatic rings. The van der Waals surface area contributed by atoms with Crippen LogP contribution in [0.4, 0.5) is 5.69 Å². The van der Waals surface area contributed by atoms with Crippen molar-refractivity contribution in [1.29, 1.82) is 0 Å². The molecule has 0 radical (unpaired) electrons. The summed E-state index contributed by atoms with van der Waals surface area (Å²) in [6.07, 6.45) is 2.43. The number of fused-ring (bicyclic) bond motifs is 1. The summed E-state index contributed by atoms with van der Waals surface area (Å²) < 4.78 is 8.31. The molecule has 1 aromatic heterocycles. The average molecular weight is 482 g/mol. The molecule has 1 saturated heterocycles. The van der Waals surface area contributed by atoms with Crippen LogP contribution in [0.15, 0.2) is 72.8 Å². The largest absolute Gasteiger partial charge is 0.494 e. The number of para-hydroxylation sites is 2. The fraction of sp³-hybridized carbons (Fsp3) is 0.355. The van der Waals surface area contributed by atoms with E-state index in [1.807, 2.05) is 23.1 Å². The van der Waals surface area contributed by atoms with Gasteiger partial charge < -0.3 is 14.2 Å². The third-order valence-corrected chi connectivity index (χ3v) is 7.08. The number of carbonyl (C=O) groups is 1. The lowest BCUT2D eigenvalue weighted by Gasteiger charge is -2.18. The summed E-state index contributed by atoms with van der Waals surface area (Å²) in [5, 5.41) is 0. The first-order chi connectivity index (χ1) is 17.5. The number of benzene rings is 3. The highest BCUT2D eigenvalue weighted by atomic mass is 16.5. The lowest BCUT2D eigenvalue weighted by molar-refractivity contribution is -0.117. The van der Waals surface area contributed by atoms with E-state index in [0.29, 0.717) is 25.5 Å². The van der Waals surface area contributed by atoms with Crippen LogP contribution in [0.3, 0.4) is 0 Å². The number of unbranched alkanes of at least 4 members (excludes halogenated alkanes) is 1. The van der Waals surface area contributed by atoms with E-state index in [1.54, 1.807) is 0 Å². The van der Waals surface area contributed by atoms with E-state index in [9.17, 15) is 4.79 Å². The Morgan fingerprint density at radius 1 is 1.00 bits per heavy atom. The Bertz CT molecular complexity index is 1340. The summed E-state index contributed by atoms with van der Waals surface area (Å²) in [6, 6.07) is 24.9. The van der Waals surface area contributed by atoms with Crippen molar-refractivity contribution in [3.8, 4) is 5.75 Å². The van der Waals surface area contributed by atoms with Crippen molar-refractivity contribution in [2.75, 3.05) is 18.1 Å². The van der Waals surface area contributed by atoms with Crippen molar-refractivity contribution in [2.45, 2.75) is 58.4 Å². The van der Waals surface area contributed by atoms with Crippen LogP contribution >= 0.6 is 0 Å². The van der Waals surface area contributed by atoms with E-state index >= 15 is 0 Å². The second-order valence-corrected chi connectivity index (χ2v) is 10.1. The molecule has 3 aromatic carbocycles. The first kappa shape index (κ1) is 24.1. The number of hydrogen-bond acceptors (Lipinski definition) is 3. The van der Waals surface area contributed by atoms with Crippen LogP contribution in [0, 0.1) is 6.92 Å². The van der Waals surface area contributed by atoms with Gasteiger partial charge in [0.05, 0.1) is 17.6 Å². The normalized spacial score (nSPS) is 15.8. The molecule has 5 heteroatoms. The number of hydrogen-bond donors (Lipinski definition) is 0. The zero-order chi connectivity index (χ0) is 25.1. The fourth-order valence-corrected chi connectivity index (χ4v) is 5.08. The second-order valence-electron chi connectivity index (χ2n) is 10.1. The van der Waals surface area contributed by atoms with Crippen LogP contribution in [0.25, 0.3) is 11.0 Å². The van der Waals surface area contributed by atoms with Gasteiger partial charge in [-0.15, -0.1) is 0 Å². The Labute approximate surface area is 213 Å². The van der Waals surface area contributed by atoms with Gasteiger partial charge in [0.1, 0.15) is 11.6 Å². The van der Waals surface area contributed by atoms with Gasteiger partial charge in [-0.25, -0.2) is 4.98 Å². The van der Waals surface area contributed by atoms with Gasteiger partial charge in [-0.05, 0) is 73.2 Å². The second kappa shape index (κ2) is 10.6. The van der Waals surface area contributed by atoms with Crippen LogP contribution in [-0.2, 0) is 11.3 Å². The summed E-state index contributed by atoms with van der Waals surface area (Å²) in [5.74, 6) is 2.72. The molecule has 1 unspecified atom stereocenters. The Kier molecular flexibility index (Phi) is 7.08. The fourth-order valence-electron chi connectivity index (χ4n) is 5.08. The number of anilines is 1. The Balaban J connectivity index is 1.26. The number of nitrogens with zero attached hydrogens (tertiary/aromatic N) is 3. The quantitative estimate of drug-likeness (QED) is 0.246. The lowest BCUT2D eigenvalue weighted by Crippen LogP contribution is -2.24. The topological polar surface area (TPSA) is 47.4 Å². The number of ether oxygens (including phenoxy) is 1. The van der Waals surface area contributed by atoms with Gasteiger partial charge in [-0.1, -0.05) is 50.2 Å².